The highest BCUT2D eigenvalue weighted by Gasteiger charge is 2.20. The highest BCUT2D eigenvalue weighted by Crippen LogP contribution is 2.34. The van der Waals surface area contributed by atoms with E-state index in [1.807, 2.05) is 0 Å². The number of benzene rings is 1. The van der Waals surface area contributed by atoms with Crippen LogP contribution in [-0.2, 0) is 0 Å². The fourth-order valence-electron chi connectivity index (χ4n) is 1.52. The Hall–Kier alpha value is -1.63. The molecule has 1 aromatic heterocycles. The van der Waals surface area contributed by atoms with Gasteiger partial charge in [0.05, 0.1) is 18.0 Å². The lowest BCUT2D eigenvalue weighted by Gasteiger charge is -2.11. The van der Waals surface area contributed by atoms with Crippen molar-refractivity contribution < 1.29 is 0 Å². The average Bonchev–Trinajstić information content (AvgIpc) is 2.35. The van der Waals surface area contributed by atoms with Gasteiger partial charge in [0, 0.05) is 28.0 Å². The smallest absolute Gasteiger partial charge is 0.118 e. The highest BCUT2D eigenvalue weighted by atomic mass is 35.5. The van der Waals surface area contributed by atoms with Gasteiger partial charge in [-0.25, -0.2) is 0 Å². The van der Waals surface area contributed by atoms with Crippen molar-refractivity contribution in [2.75, 3.05) is 0 Å². The highest BCUT2D eigenvalue weighted by molar-refractivity contribution is 6.36. The van der Waals surface area contributed by atoms with Crippen LogP contribution in [0.2, 0.25) is 10.0 Å². The molecular formula is C12H7Cl2N3. The zero-order valence-corrected chi connectivity index (χ0v) is 10.2. The van der Waals surface area contributed by atoms with E-state index in [0.29, 0.717) is 21.3 Å². The van der Waals surface area contributed by atoms with E-state index in [-0.39, 0.29) is 0 Å². The van der Waals surface area contributed by atoms with Gasteiger partial charge in [-0.3, -0.25) is 9.97 Å². The lowest BCUT2D eigenvalue weighted by Crippen LogP contribution is -2.03. The SMILES string of the molecule is N#CC(c1cnccn1)c1c(Cl)cccc1Cl. The van der Waals surface area contributed by atoms with E-state index in [0.717, 1.165) is 0 Å². The van der Waals surface area contributed by atoms with Crippen LogP contribution in [0.5, 0.6) is 0 Å². The quantitative estimate of drug-likeness (QED) is 0.834. The van der Waals surface area contributed by atoms with Gasteiger partial charge in [0.2, 0.25) is 0 Å². The predicted octanol–water partition coefficient (Wildman–Crippen LogP) is 3.44. The molecule has 1 aromatic carbocycles. The number of nitrogens with zero attached hydrogens (tertiary/aromatic N) is 3. The van der Waals surface area contributed by atoms with Crippen molar-refractivity contribution in [2.24, 2.45) is 0 Å². The lowest BCUT2D eigenvalue weighted by molar-refractivity contribution is 0.943. The summed E-state index contributed by atoms with van der Waals surface area (Å²) in [4.78, 5) is 8.04. The molecule has 3 nitrogen and oxygen atoms in total. The van der Waals surface area contributed by atoms with Crippen LogP contribution in [0.15, 0.2) is 36.8 Å². The molecule has 0 amide bonds. The first-order chi connectivity index (χ1) is 8.24. The molecule has 84 valence electrons. The van der Waals surface area contributed by atoms with E-state index < -0.39 is 5.92 Å². The largest absolute Gasteiger partial charge is 0.261 e. The molecule has 1 unspecified atom stereocenters. The van der Waals surface area contributed by atoms with E-state index >= 15 is 0 Å². The molecule has 2 rings (SSSR count). The van der Waals surface area contributed by atoms with Crippen molar-refractivity contribution in [1.82, 2.24) is 9.97 Å². The second kappa shape index (κ2) is 5.13. The fraction of sp³-hybridized carbons (Fsp3) is 0.0833. The first-order valence-electron chi connectivity index (χ1n) is 4.83. The molecule has 0 aliphatic carbocycles. The molecule has 0 saturated carbocycles. The van der Waals surface area contributed by atoms with E-state index in [9.17, 15) is 5.26 Å². The Balaban J connectivity index is 2.55. The summed E-state index contributed by atoms with van der Waals surface area (Å²) in [5, 5.41) is 10.2. The van der Waals surface area contributed by atoms with E-state index in [4.69, 9.17) is 23.2 Å². The summed E-state index contributed by atoms with van der Waals surface area (Å²) in [6, 6.07) is 7.28. The van der Waals surface area contributed by atoms with E-state index in [1.165, 1.54) is 12.4 Å². The van der Waals surface area contributed by atoms with Gasteiger partial charge in [0.1, 0.15) is 5.92 Å². The van der Waals surface area contributed by atoms with E-state index in [2.05, 4.69) is 16.0 Å². The maximum Gasteiger partial charge on any atom is 0.118 e. The van der Waals surface area contributed by atoms with E-state index in [1.54, 1.807) is 24.4 Å². The number of nitriles is 1. The summed E-state index contributed by atoms with van der Waals surface area (Å²) in [6.07, 6.45) is 4.62. The summed E-state index contributed by atoms with van der Waals surface area (Å²) in [5.74, 6) is -0.607. The molecule has 17 heavy (non-hydrogen) atoms. The van der Waals surface area contributed by atoms with Crippen LogP contribution in [0.1, 0.15) is 17.2 Å². The summed E-state index contributed by atoms with van der Waals surface area (Å²) >= 11 is 12.1. The average molecular weight is 264 g/mol. The standard InChI is InChI=1S/C12H7Cl2N3/c13-9-2-1-3-10(14)12(9)8(6-15)11-7-16-4-5-17-11/h1-5,7-8H. The molecule has 0 saturated heterocycles. The summed E-state index contributed by atoms with van der Waals surface area (Å²) in [6.45, 7) is 0. The Bertz CT molecular complexity index is 543. The summed E-state index contributed by atoms with van der Waals surface area (Å²) in [7, 11) is 0. The first kappa shape index (κ1) is 11.8. The van der Waals surface area contributed by atoms with Crippen LogP contribution >= 0.6 is 23.2 Å². The molecule has 5 heteroatoms. The Morgan fingerprint density at radius 1 is 1.18 bits per heavy atom. The van der Waals surface area contributed by atoms with Gasteiger partial charge in [0.15, 0.2) is 0 Å². The number of hydrogen-bond donors (Lipinski definition) is 0. The molecular weight excluding hydrogens is 257 g/mol. The first-order valence-corrected chi connectivity index (χ1v) is 5.59. The molecule has 1 atom stereocenters. The molecule has 0 aliphatic heterocycles. The zero-order chi connectivity index (χ0) is 12.3. The lowest BCUT2D eigenvalue weighted by atomic mass is 9.97. The maximum atomic E-state index is 9.25. The van der Waals surface area contributed by atoms with Crippen LogP contribution in [-0.4, -0.2) is 9.97 Å². The third kappa shape index (κ3) is 2.38. The predicted molar refractivity (Wildman–Crippen MR) is 66.0 cm³/mol. The Labute approximate surface area is 109 Å². The maximum absolute atomic E-state index is 9.25. The van der Waals surface area contributed by atoms with Crippen LogP contribution in [0, 0.1) is 11.3 Å². The molecule has 0 N–H and O–H groups in total. The molecule has 1 heterocycles. The molecule has 0 bridgehead atoms. The minimum Gasteiger partial charge on any atom is -0.261 e. The second-order valence-corrected chi connectivity index (χ2v) is 4.14. The number of halogens is 2. The number of aromatic nitrogens is 2. The van der Waals surface area contributed by atoms with Gasteiger partial charge in [-0.15, -0.1) is 0 Å². The summed E-state index contributed by atoms with van der Waals surface area (Å²) in [5.41, 5.74) is 1.10. The zero-order valence-electron chi connectivity index (χ0n) is 8.64. The summed E-state index contributed by atoms with van der Waals surface area (Å²) < 4.78 is 0. The van der Waals surface area contributed by atoms with Gasteiger partial charge in [0.25, 0.3) is 0 Å². The Morgan fingerprint density at radius 3 is 2.41 bits per heavy atom. The topological polar surface area (TPSA) is 49.6 Å². The van der Waals surface area contributed by atoms with Crippen LogP contribution in [0.3, 0.4) is 0 Å². The fourth-order valence-corrected chi connectivity index (χ4v) is 2.14. The molecule has 0 radical (unpaired) electrons. The normalized spacial score (nSPS) is 11.8. The van der Waals surface area contributed by atoms with Gasteiger partial charge in [-0.1, -0.05) is 29.3 Å². The third-order valence-electron chi connectivity index (χ3n) is 2.30. The minimum absolute atomic E-state index is 0.453. The Kier molecular flexibility index (Phi) is 3.58. The number of hydrogen-bond acceptors (Lipinski definition) is 3. The number of rotatable bonds is 2. The third-order valence-corrected chi connectivity index (χ3v) is 2.96. The van der Waals surface area contributed by atoms with Crippen LogP contribution < -0.4 is 0 Å². The molecule has 0 fully saturated rings. The van der Waals surface area contributed by atoms with Crippen LogP contribution in [0.25, 0.3) is 0 Å². The molecule has 0 aliphatic rings. The monoisotopic (exact) mass is 263 g/mol. The van der Waals surface area contributed by atoms with Gasteiger partial charge in [-0.05, 0) is 12.1 Å². The van der Waals surface area contributed by atoms with Crippen molar-refractivity contribution in [2.45, 2.75) is 5.92 Å². The van der Waals surface area contributed by atoms with Crippen molar-refractivity contribution in [3.8, 4) is 6.07 Å². The Morgan fingerprint density at radius 2 is 1.88 bits per heavy atom. The van der Waals surface area contributed by atoms with Gasteiger partial charge < -0.3 is 0 Å². The molecule has 0 spiro atoms. The molecule has 2 aromatic rings. The van der Waals surface area contributed by atoms with Gasteiger partial charge >= 0.3 is 0 Å². The van der Waals surface area contributed by atoms with Crippen molar-refractivity contribution in [3.63, 3.8) is 0 Å². The van der Waals surface area contributed by atoms with Crippen molar-refractivity contribution in [1.29, 1.82) is 5.26 Å². The minimum atomic E-state index is -0.607. The van der Waals surface area contributed by atoms with Gasteiger partial charge in [-0.2, -0.15) is 5.26 Å². The van der Waals surface area contributed by atoms with Crippen molar-refractivity contribution >= 4 is 23.2 Å². The van der Waals surface area contributed by atoms with Crippen molar-refractivity contribution in [3.05, 3.63) is 58.1 Å². The second-order valence-electron chi connectivity index (χ2n) is 3.33. The van der Waals surface area contributed by atoms with Crippen LogP contribution in [0.4, 0.5) is 0 Å².